The molecular formula is C13H19NO5. The van der Waals surface area contributed by atoms with Crippen LogP contribution in [0.15, 0.2) is 10.6 Å². The smallest absolute Gasteiger partial charge is 0.316 e. The third-order valence-corrected chi connectivity index (χ3v) is 3.29. The largest absolute Gasteiger partial charge is 0.472 e. The first-order chi connectivity index (χ1) is 9.01. The lowest BCUT2D eigenvalue weighted by Crippen LogP contribution is -2.37. The van der Waals surface area contributed by atoms with Gasteiger partial charge >= 0.3 is 5.97 Å². The second kappa shape index (κ2) is 5.61. The molecule has 1 heterocycles. The molecule has 0 radical (unpaired) electrons. The molecule has 1 aliphatic carbocycles. The number of ether oxygens (including phenoxy) is 2. The summed E-state index contributed by atoms with van der Waals surface area (Å²) in [5.41, 5.74) is 0. The van der Waals surface area contributed by atoms with Gasteiger partial charge in [-0.1, -0.05) is 13.8 Å². The van der Waals surface area contributed by atoms with Gasteiger partial charge in [-0.25, -0.2) is 0 Å². The molecule has 1 atom stereocenters. The molecule has 1 saturated carbocycles. The summed E-state index contributed by atoms with van der Waals surface area (Å²) >= 11 is 0. The average molecular weight is 269 g/mol. The van der Waals surface area contributed by atoms with Crippen molar-refractivity contribution >= 4 is 5.97 Å². The molecule has 1 aromatic heterocycles. The third kappa shape index (κ3) is 3.07. The predicted octanol–water partition coefficient (Wildman–Crippen LogP) is 1.49. The van der Waals surface area contributed by atoms with Gasteiger partial charge in [0.2, 0.25) is 0 Å². The van der Waals surface area contributed by atoms with Crippen molar-refractivity contribution in [1.29, 1.82) is 0 Å². The predicted molar refractivity (Wildman–Crippen MR) is 65.8 cm³/mol. The van der Waals surface area contributed by atoms with Crippen molar-refractivity contribution in [3.05, 3.63) is 11.8 Å². The lowest BCUT2D eigenvalue weighted by atomic mass is 9.92. The lowest BCUT2D eigenvalue weighted by molar-refractivity contribution is -0.144. The second-order valence-corrected chi connectivity index (χ2v) is 5.18. The van der Waals surface area contributed by atoms with Gasteiger partial charge in [0.25, 0.3) is 5.88 Å². The molecule has 19 heavy (non-hydrogen) atoms. The summed E-state index contributed by atoms with van der Waals surface area (Å²) in [4.78, 5) is 11.7. The third-order valence-electron chi connectivity index (χ3n) is 3.29. The zero-order chi connectivity index (χ0) is 14.0. The number of hydrogen-bond donors (Lipinski definition) is 1. The zero-order valence-electron chi connectivity index (χ0n) is 11.3. The minimum atomic E-state index is -0.484. The molecule has 6 nitrogen and oxygen atoms in total. The van der Waals surface area contributed by atoms with Crippen molar-refractivity contribution in [3.8, 4) is 5.88 Å². The molecule has 1 aliphatic rings. The monoisotopic (exact) mass is 269 g/mol. The van der Waals surface area contributed by atoms with E-state index in [9.17, 15) is 9.90 Å². The Morgan fingerprint density at radius 3 is 2.74 bits per heavy atom. The first-order valence-corrected chi connectivity index (χ1v) is 6.40. The van der Waals surface area contributed by atoms with Crippen molar-refractivity contribution in [2.75, 3.05) is 7.11 Å². The maximum absolute atomic E-state index is 11.7. The Bertz CT molecular complexity index is 436. The van der Waals surface area contributed by atoms with E-state index in [4.69, 9.17) is 14.0 Å². The van der Waals surface area contributed by atoms with Crippen LogP contribution in [0.1, 0.15) is 38.4 Å². The molecular weight excluding hydrogens is 250 g/mol. The highest BCUT2D eigenvalue weighted by atomic mass is 16.6. The van der Waals surface area contributed by atoms with Crippen molar-refractivity contribution < 1.29 is 23.9 Å². The van der Waals surface area contributed by atoms with Gasteiger partial charge in [-0.05, 0) is 11.1 Å². The number of aliphatic hydroxyl groups is 1. The number of nitrogens with zero attached hydrogens (tertiary/aromatic N) is 1. The van der Waals surface area contributed by atoms with E-state index in [1.54, 1.807) is 6.07 Å². The first kappa shape index (κ1) is 13.9. The number of methoxy groups -OCH3 is 1. The summed E-state index contributed by atoms with van der Waals surface area (Å²) in [6.45, 7) is 3.82. The van der Waals surface area contributed by atoms with Crippen LogP contribution < -0.4 is 4.74 Å². The fraction of sp³-hybridized carbons (Fsp3) is 0.692. The Kier molecular flexibility index (Phi) is 4.09. The Morgan fingerprint density at radius 2 is 2.21 bits per heavy atom. The molecule has 2 rings (SSSR count). The lowest BCUT2D eigenvalue weighted by Gasteiger charge is -2.30. The summed E-state index contributed by atoms with van der Waals surface area (Å²) < 4.78 is 15.5. The summed E-state index contributed by atoms with van der Waals surface area (Å²) in [6, 6.07) is 1.62. The Morgan fingerprint density at radius 1 is 1.53 bits per heavy atom. The number of carbonyl (C=O) groups excluding carboxylic acids is 1. The van der Waals surface area contributed by atoms with Gasteiger partial charge in [0.15, 0.2) is 5.76 Å². The molecule has 1 fully saturated rings. The van der Waals surface area contributed by atoms with Gasteiger partial charge in [-0.3, -0.25) is 4.79 Å². The van der Waals surface area contributed by atoms with E-state index in [1.165, 1.54) is 7.11 Å². The van der Waals surface area contributed by atoms with E-state index in [0.717, 1.165) is 0 Å². The number of aliphatic hydroxyl groups excluding tert-OH is 1. The van der Waals surface area contributed by atoms with Crippen LogP contribution in [0.3, 0.4) is 0 Å². The summed E-state index contributed by atoms with van der Waals surface area (Å²) in [6.07, 6.45) is 0.901. The summed E-state index contributed by atoms with van der Waals surface area (Å²) in [5.74, 6) is -0.00412. The van der Waals surface area contributed by atoms with Crippen LogP contribution in [0.4, 0.5) is 0 Å². The van der Waals surface area contributed by atoms with Crippen LogP contribution in [0.5, 0.6) is 5.88 Å². The van der Waals surface area contributed by atoms with E-state index in [0.29, 0.717) is 24.5 Å². The Labute approximate surface area is 111 Å². The first-order valence-electron chi connectivity index (χ1n) is 6.40. The number of rotatable bonds is 5. The Balaban J connectivity index is 2.03. The fourth-order valence-corrected chi connectivity index (χ4v) is 2.12. The van der Waals surface area contributed by atoms with Crippen LogP contribution in [0, 0.1) is 5.92 Å². The SMILES string of the molecule is COC(=O)C(c1cc(O[C@H]2C[C@@H](O)C2)no1)C(C)C. The van der Waals surface area contributed by atoms with Crippen molar-refractivity contribution in [2.24, 2.45) is 5.92 Å². The normalized spacial score (nSPS) is 23.8. The van der Waals surface area contributed by atoms with Crippen LogP contribution >= 0.6 is 0 Å². The van der Waals surface area contributed by atoms with Crippen LogP contribution in [0.2, 0.25) is 0 Å². The quantitative estimate of drug-likeness (QED) is 0.815. The van der Waals surface area contributed by atoms with Gasteiger partial charge in [-0.15, -0.1) is 0 Å². The Hall–Kier alpha value is -1.56. The molecule has 0 saturated heterocycles. The number of aromatic nitrogens is 1. The molecule has 1 N–H and O–H groups in total. The van der Waals surface area contributed by atoms with E-state index in [-0.39, 0.29) is 24.1 Å². The zero-order valence-corrected chi connectivity index (χ0v) is 11.3. The van der Waals surface area contributed by atoms with Crippen molar-refractivity contribution in [3.63, 3.8) is 0 Å². The molecule has 0 aliphatic heterocycles. The molecule has 1 aromatic rings. The minimum Gasteiger partial charge on any atom is -0.472 e. The van der Waals surface area contributed by atoms with Gasteiger partial charge in [0, 0.05) is 18.9 Å². The second-order valence-electron chi connectivity index (χ2n) is 5.18. The topological polar surface area (TPSA) is 81.8 Å². The van der Waals surface area contributed by atoms with E-state index in [1.807, 2.05) is 13.8 Å². The maximum atomic E-state index is 11.7. The van der Waals surface area contributed by atoms with Gasteiger partial charge in [0.1, 0.15) is 12.0 Å². The van der Waals surface area contributed by atoms with Crippen molar-refractivity contribution in [1.82, 2.24) is 5.16 Å². The fourth-order valence-electron chi connectivity index (χ4n) is 2.12. The highest BCUT2D eigenvalue weighted by Crippen LogP contribution is 2.30. The van der Waals surface area contributed by atoms with Gasteiger partial charge in [0.05, 0.1) is 13.2 Å². The molecule has 6 heteroatoms. The van der Waals surface area contributed by atoms with E-state index in [2.05, 4.69) is 5.16 Å². The van der Waals surface area contributed by atoms with Gasteiger partial charge in [-0.2, -0.15) is 0 Å². The molecule has 106 valence electrons. The summed E-state index contributed by atoms with van der Waals surface area (Å²) in [5, 5.41) is 13.0. The van der Waals surface area contributed by atoms with Crippen LogP contribution in [0.25, 0.3) is 0 Å². The standard InChI is InChI=1S/C13H19NO5/c1-7(2)12(13(16)17-3)10-6-11(14-19-10)18-9-4-8(15)5-9/h6-9,12,15H,4-5H2,1-3H3/t8-,9+,12?. The van der Waals surface area contributed by atoms with Crippen LogP contribution in [-0.4, -0.2) is 35.6 Å². The molecule has 0 amide bonds. The van der Waals surface area contributed by atoms with Gasteiger partial charge < -0.3 is 19.1 Å². The maximum Gasteiger partial charge on any atom is 0.316 e. The molecule has 0 spiro atoms. The highest BCUT2D eigenvalue weighted by molar-refractivity contribution is 5.77. The van der Waals surface area contributed by atoms with Crippen molar-refractivity contribution in [2.45, 2.75) is 44.8 Å². The van der Waals surface area contributed by atoms with E-state index < -0.39 is 5.92 Å². The average Bonchev–Trinajstić information content (AvgIpc) is 2.75. The number of hydrogen-bond acceptors (Lipinski definition) is 6. The van der Waals surface area contributed by atoms with Crippen LogP contribution in [-0.2, 0) is 9.53 Å². The highest BCUT2D eigenvalue weighted by Gasteiger charge is 2.32. The number of carbonyl (C=O) groups is 1. The minimum absolute atomic E-state index is 0.0245. The number of esters is 1. The molecule has 0 bridgehead atoms. The summed E-state index contributed by atoms with van der Waals surface area (Å²) in [7, 11) is 1.35. The van der Waals surface area contributed by atoms with E-state index >= 15 is 0 Å². The molecule has 0 aromatic carbocycles. The molecule has 1 unspecified atom stereocenters.